The highest BCUT2D eigenvalue weighted by atomic mass is 19.4. The SMILES string of the molecule is CCN(CC)CC1CCC(Nc2nnc(-c3ccc(NC(=O)c4ccccc4)cc3C(F)(F)F)o2)CC1. The Balaban J connectivity index is 1.43. The van der Waals surface area contributed by atoms with Crippen LogP contribution in [-0.4, -0.2) is 46.7 Å². The van der Waals surface area contributed by atoms with Crippen molar-refractivity contribution in [2.75, 3.05) is 30.3 Å². The van der Waals surface area contributed by atoms with E-state index in [0.29, 0.717) is 11.5 Å². The standard InChI is InChI=1S/C27H32F3N5O2/c1-3-35(4-2)17-18-10-12-20(13-11-18)32-26-34-33-25(37-26)22-15-14-21(16-23(22)27(28,29)30)31-24(36)19-8-6-5-7-9-19/h5-9,14-16,18,20H,3-4,10-13,17H2,1-2H3,(H,31,36)(H,32,34). The van der Waals surface area contributed by atoms with Gasteiger partial charge >= 0.3 is 12.2 Å². The van der Waals surface area contributed by atoms with Gasteiger partial charge in [-0.05, 0) is 75.0 Å². The maximum absolute atomic E-state index is 13.9. The van der Waals surface area contributed by atoms with Crippen molar-refractivity contribution in [2.45, 2.75) is 51.7 Å². The Morgan fingerprint density at radius 3 is 2.38 bits per heavy atom. The van der Waals surface area contributed by atoms with Crippen LogP contribution >= 0.6 is 0 Å². The summed E-state index contributed by atoms with van der Waals surface area (Å²) in [7, 11) is 0. The first-order valence-electron chi connectivity index (χ1n) is 12.7. The predicted octanol–water partition coefficient (Wildman–Crippen LogP) is 6.32. The summed E-state index contributed by atoms with van der Waals surface area (Å²) in [6.45, 7) is 7.51. The Labute approximate surface area is 214 Å². The number of carbonyl (C=O) groups excluding carboxylic acids is 1. The molecule has 0 unspecified atom stereocenters. The van der Waals surface area contributed by atoms with E-state index in [1.807, 2.05) is 0 Å². The highest BCUT2D eigenvalue weighted by molar-refractivity contribution is 6.04. The number of nitrogens with zero attached hydrogens (tertiary/aromatic N) is 3. The zero-order valence-electron chi connectivity index (χ0n) is 21.0. The molecule has 1 heterocycles. The topological polar surface area (TPSA) is 83.3 Å². The highest BCUT2D eigenvalue weighted by Gasteiger charge is 2.36. The summed E-state index contributed by atoms with van der Waals surface area (Å²) in [4.78, 5) is 14.8. The first-order valence-corrected chi connectivity index (χ1v) is 12.7. The molecule has 0 atom stereocenters. The maximum atomic E-state index is 13.9. The Morgan fingerprint density at radius 2 is 1.73 bits per heavy atom. The van der Waals surface area contributed by atoms with Gasteiger partial charge in [0.15, 0.2) is 0 Å². The van der Waals surface area contributed by atoms with Crippen LogP contribution in [-0.2, 0) is 6.18 Å². The van der Waals surface area contributed by atoms with E-state index in [1.54, 1.807) is 30.3 Å². The maximum Gasteiger partial charge on any atom is 0.417 e. The van der Waals surface area contributed by atoms with Crippen LogP contribution in [0.2, 0.25) is 0 Å². The number of nitrogens with one attached hydrogen (secondary N) is 2. The van der Waals surface area contributed by atoms with Crippen LogP contribution < -0.4 is 10.6 Å². The summed E-state index contributed by atoms with van der Waals surface area (Å²) in [6.07, 6.45) is -0.665. The smallest absolute Gasteiger partial charge is 0.403 e. The molecule has 4 rings (SSSR count). The van der Waals surface area contributed by atoms with Gasteiger partial charge in [0.1, 0.15) is 0 Å². The van der Waals surface area contributed by atoms with E-state index in [0.717, 1.165) is 51.4 Å². The third-order valence-electron chi connectivity index (χ3n) is 6.86. The fourth-order valence-electron chi connectivity index (χ4n) is 4.74. The summed E-state index contributed by atoms with van der Waals surface area (Å²) in [5, 5.41) is 13.5. The van der Waals surface area contributed by atoms with Gasteiger partial charge in [-0.25, -0.2) is 0 Å². The van der Waals surface area contributed by atoms with Crippen LogP contribution in [0.25, 0.3) is 11.5 Å². The molecule has 1 aromatic heterocycles. The van der Waals surface area contributed by atoms with Gasteiger partial charge in [-0.15, -0.1) is 5.10 Å². The molecule has 1 aliphatic rings. The Morgan fingerprint density at radius 1 is 1.03 bits per heavy atom. The van der Waals surface area contributed by atoms with Crippen molar-refractivity contribution >= 4 is 17.6 Å². The molecule has 1 amide bonds. The molecule has 2 aromatic carbocycles. The summed E-state index contributed by atoms with van der Waals surface area (Å²) >= 11 is 0. The van der Waals surface area contributed by atoms with Crippen LogP contribution in [0.5, 0.6) is 0 Å². The van der Waals surface area contributed by atoms with E-state index in [4.69, 9.17) is 4.42 Å². The van der Waals surface area contributed by atoms with Crippen molar-refractivity contribution in [1.82, 2.24) is 15.1 Å². The zero-order valence-corrected chi connectivity index (χ0v) is 21.0. The first kappa shape index (κ1) is 26.7. The number of carbonyl (C=O) groups is 1. The monoisotopic (exact) mass is 515 g/mol. The number of benzene rings is 2. The van der Waals surface area contributed by atoms with Crippen molar-refractivity contribution in [2.24, 2.45) is 5.92 Å². The van der Waals surface area contributed by atoms with E-state index in [1.165, 1.54) is 12.1 Å². The van der Waals surface area contributed by atoms with Gasteiger partial charge in [0, 0.05) is 23.8 Å². The number of hydrogen-bond acceptors (Lipinski definition) is 6. The number of amides is 1. The molecule has 1 saturated carbocycles. The normalized spacial score (nSPS) is 18.1. The van der Waals surface area contributed by atoms with Crippen molar-refractivity contribution in [3.8, 4) is 11.5 Å². The summed E-state index contributed by atoms with van der Waals surface area (Å²) < 4.78 is 47.3. The van der Waals surface area contributed by atoms with E-state index >= 15 is 0 Å². The molecule has 1 aliphatic carbocycles. The van der Waals surface area contributed by atoms with E-state index < -0.39 is 17.6 Å². The Kier molecular flexibility index (Phi) is 8.48. The number of rotatable bonds is 9. The number of aromatic nitrogens is 2. The van der Waals surface area contributed by atoms with Crippen LogP contribution in [0.3, 0.4) is 0 Å². The van der Waals surface area contributed by atoms with Crippen molar-refractivity contribution < 1.29 is 22.4 Å². The number of hydrogen-bond donors (Lipinski definition) is 2. The molecule has 3 aromatic rings. The lowest BCUT2D eigenvalue weighted by Gasteiger charge is -2.31. The van der Waals surface area contributed by atoms with Crippen LogP contribution in [0.1, 0.15) is 55.5 Å². The highest BCUT2D eigenvalue weighted by Crippen LogP contribution is 2.39. The quantitative estimate of drug-likeness (QED) is 0.347. The molecular weight excluding hydrogens is 483 g/mol. The lowest BCUT2D eigenvalue weighted by Crippen LogP contribution is -2.34. The molecule has 198 valence electrons. The molecule has 0 radical (unpaired) electrons. The minimum absolute atomic E-state index is 0.0178. The second-order valence-electron chi connectivity index (χ2n) is 9.34. The molecule has 7 nitrogen and oxygen atoms in total. The van der Waals surface area contributed by atoms with Gasteiger partial charge in [0.2, 0.25) is 5.89 Å². The molecule has 2 N–H and O–H groups in total. The van der Waals surface area contributed by atoms with E-state index in [9.17, 15) is 18.0 Å². The number of halogens is 3. The second kappa shape index (κ2) is 11.8. The third kappa shape index (κ3) is 6.88. The number of alkyl halides is 3. The molecule has 1 fully saturated rings. The van der Waals surface area contributed by atoms with E-state index in [2.05, 4.69) is 39.6 Å². The van der Waals surface area contributed by atoms with Gasteiger partial charge < -0.3 is 20.0 Å². The van der Waals surface area contributed by atoms with Crippen LogP contribution in [0.15, 0.2) is 52.9 Å². The molecule has 10 heteroatoms. The minimum Gasteiger partial charge on any atom is -0.403 e. The molecule has 0 aliphatic heterocycles. The lowest BCUT2D eigenvalue weighted by atomic mass is 9.85. The molecule has 0 spiro atoms. The Hall–Kier alpha value is -3.40. The van der Waals surface area contributed by atoms with Crippen molar-refractivity contribution in [3.05, 3.63) is 59.7 Å². The van der Waals surface area contributed by atoms with Crippen molar-refractivity contribution in [3.63, 3.8) is 0 Å². The van der Waals surface area contributed by atoms with Gasteiger partial charge in [-0.3, -0.25) is 4.79 Å². The van der Waals surface area contributed by atoms with Crippen LogP contribution in [0, 0.1) is 5.92 Å². The summed E-state index contributed by atoms with van der Waals surface area (Å²) in [5.41, 5.74) is -0.849. The lowest BCUT2D eigenvalue weighted by molar-refractivity contribution is -0.137. The largest absolute Gasteiger partial charge is 0.417 e. The summed E-state index contributed by atoms with van der Waals surface area (Å²) in [6, 6.07) is 12.0. The Bertz CT molecular complexity index is 1170. The zero-order chi connectivity index (χ0) is 26.4. The second-order valence-corrected chi connectivity index (χ2v) is 9.34. The van der Waals surface area contributed by atoms with Gasteiger partial charge in [0.05, 0.1) is 11.1 Å². The summed E-state index contributed by atoms with van der Waals surface area (Å²) in [5.74, 6) is -0.0880. The average Bonchev–Trinajstić information content (AvgIpc) is 3.36. The van der Waals surface area contributed by atoms with Gasteiger partial charge in [-0.2, -0.15) is 13.2 Å². The minimum atomic E-state index is -4.69. The van der Waals surface area contributed by atoms with Crippen LogP contribution in [0.4, 0.5) is 24.9 Å². The fourth-order valence-corrected chi connectivity index (χ4v) is 4.74. The predicted molar refractivity (Wildman–Crippen MR) is 136 cm³/mol. The van der Waals surface area contributed by atoms with Gasteiger partial charge in [0.25, 0.3) is 5.91 Å². The van der Waals surface area contributed by atoms with Crippen molar-refractivity contribution in [1.29, 1.82) is 0 Å². The first-order chi connectivity index (χ1) is 17.8. The molecule has 0 bridgehead atoms. The average molecular weight is 516 g/mol. The third-order valence-corrected chi connectivity index (χ3v) is 6.86. The van der Waals surface area contributed by atoms with Gasteiger partial charge in [-0.1, -0.05) is 37.1 Å². The fraction of sp³-hybridized carbons (Fsp3) is 0.444. The number of anilines is 2. The molecule has 0 saturated heterocycles. The van der Waals surface area contributed by atoms with E-state index in [-0.39, 0.29) is 29.2 Å². The molecule has 37 heavy (non-hydrogen) atoms. The molecular formula is C27H32F3N5O2.